The van der Waals surface area contributed by atoms with Crippen LogP contribution in [-0.2, 0) is 16.0 Å². The maximum absolute atomic E-state index is 15.6. The molecule has 2 aliphatic rings. The fourth-order valence-electron chi connectivity index (χ4n) is 6.28. The number of carbonyl (C=O) groups excluding carboxylic acids is 1. The van der Waals surface area contributed by atoms with Crippen LogP contribution in [-0.4, -0.2) is 74.9 Å². The summed E-state index contributed by atoms with van der Waals surface area (Å²) in [7, 11) is 0. The van der Waals surface area contributed by atoms with Gasteiger partial charge in [0.1, 0.15) is 0 Å². The van der Waals surface area contributed by atoms with Gasteiger partial charge >= 0.3 is 5.97 Å². The first-order valence-corrected chi connectivity index (χ1v) is 15.8. The van der Waals surface area contributed by atoms with Crippen molar-refractivity contribution in [1.82, 2.24) is 19.5 Å². The van der Waals surface area contributed by atoms with E-state index in [0.29, 0.717) is 66.8 Å². The van der Waals surface area contributed by atoms with E-state index in [1.807, 2.05) is 31.2 Å². The Morgan fingerprint density at radius 3 is 2.43 bits per heavy atom. The fraction of sp³-hybridized carbons (Fsp3) is 0.412. The quantitative estimate of drug-likeness (QED) is 0.270. The average molecular weight is 650 g/mol. The van der Waals surface area contributed by atoms with E-state index in [4.69, 9.17) is 31.2 Å². The van der Waals surface area contributed by atoms with Crippen molar-refractivity contribution in [3.8, 4) is 17.0 Å². The van der Waals surface area contributed by atoms with E-state index in [1.165, 1.54) is 10.6 Å². The Hall–Kier alpha value is -4.22. The molecule has 1 fully saturated rings. The zero-order valence-corrected chi connectivity index (χ0v) is 27.3. The topological polar surface area (TPSA) is 110 Å². The number of ether oxygens (including phenoxy) is 2. The Morgan fingerprint density at radius 2 is 1.78 bits per heavy atom. The van der Waals surface area contributed by atoms with Gasteiger partial charge in [0.05, 0.1) is 17.9 Å². The van der Waals surface area contributed by atoms with Crippen molar-refractivity contribution in [2.75, 3.05) is 37.7 Å². The number of fused-ring (bicyclic) bond motifs is 2. The van der Waals surface area contributed by atoms with Crippen molar-refractivity contribution in [1.29, 1.82) is 0 Å². The second-order valence-corrected chi connectivity index (χ2v) is 13.2. The number of carbonyl (C=O) groups is 2. The molecule has 0 saturated carbocycles. The molecule has 1 N–H and O–H groups in total. The minimum Gasteiger partial charge on any atom is -0.490 e. The predicted octanol–water partition coefficient (Wildman–Crippen LogP) is 6.03. The van der Waals surface area contributed by atoms with Crippen molar-refractivity contribution >= 4 is 34.8 Å². The van der Waals surface area contributed by atoms with Gasteiger partial charge in [-0.3, -0.25) is 4.79 Å². The lowest BCUT2D eigenvalue weighted by Gasteiger charge is -2.35. The van der Waals surface area contributed by atoms with Gasteiger partial charge in [-0.15, -0.1) is 0 Å². The number of aryl methyl sites for hydroxylation is 1. The average Bonchev–Trinajstić information content (AvgIpc) is 3.44. The zero-order chi connectivity index (χ0) is 32.9. The molecule has 6 rings (SSSR count). The Labute approximate surface area is 271 Å². The minimum absolute atomic E-state index is 0.160. The highest BCUT2D eigenvalue weighted by Gasteiger charge is 2.35. The number of aliphatic carboxylic acids is 1. The number of anilines is 1. The first-order valence-electron chi connectivity index (χ1n) is 15.4. The van der Waals surface area contributed by atoms with Gasteiger partial charge in [0.15, 0.2) is 29.0 Å². The van der Waals surface area contributed by atoms with Crippen LogP contribution in [0.15, 0.2) is 36.4 Å². The number of aromatic nitrogens is 3. The number of hydrogen-bond acceptors (Lipinski definition) is 7. The number of rotatable bonds is 6. The van der Waals surface area contributed by atoms with Gasteiger partial charge in [-0.2, -0.15) is 5.10 Å². The summed E-state index contributed by atoms with van der Waals surface area (Å²) < 4.78 is 28.8. The Bertz CT molecular complexity index is 1830. The number of nitrogens with zero attached hydrogens (tertiary/aromatic N) is 5. The molecule has 1 atom stereocenters. The first-order chi connectivity index (χ1) is 21.8. The standard InChI is InChI=1S/C34H37ClFN5O5/c1-19-23-7-6-16-45-30(23)25(36)17-24(19)29-28(31(33(43)44)46-34(3,4)5)20(2)37-27-18-26(38-41(27)29)32(42)40-14-12-39(13-15-40)22-10-8-21(35)9-11-22/h8-11,17-18,31H,6-7,12-16H2,1-5H3,(H,43,44)/t31-/m0/s1. The highest BCUT2D eigenvalue weighted by molar-refractivity contribution is 6.30. The molecule has 4 heterocycles. The van der Waals surface area contributed by atoms with Gasteiger partial charge in [0.25, 0.3) is 5.91 Å². The monoisotopic (exact) mass is 649 g/mol. The third kappa shape index (κ3) is 6.01. The van der Waals surface area contributed by atoms with Crippen molar-refractivity contribution in [3.05, 3.63) is 75.3 Å². The summed E-state index contributed by atoms with van der Waals surface area (Å²) in [5.74, 6) is -1.82. The molecular formula is C34H37ClFN5O5. The molecule has 0 bridgehead atoms. The molecule has 0 unspecified atom stereocenters. The van der Waals surface area contributed by atoms with Crippen LogP contribution in [0, 0.1) is 19.7 Å². The number of halogens is 2. The van der Waals surface area contributed by atoms with Crippen LogP contribution >= 0.6 is 11.6 Å². The second-order valence-electron chi connectivity index (χ2n) is 12.8. The zero-order valence-electron chi connectivity index (χ0n) is 26.6. The summed E-state index contributed by atoms with van der Waals surface area (Å²) in [6.07, 6.45) is -0.101. The third-order valence-electron chi connectivity index (χ3n) is 8.46. The normalized spacial score (nSPS) is 15.9. The molecule has 242 valence electrons. The lowest BCUT2D eigenvalue weighted by molar-refractivity contribution is -0.160. The Morgan fingerprint density at radius 1 is 1.09 bits per heavy atom. The van der Waals surface area contributed by atoms with E-state index in [1.54, 1.807) is 38.7 Å². The van der Waals surface area contributed by atoms with Crippen LogP contribution in [0.4, 0.5) is 10.1 Å². The summed E-state index contributed by atoms with van der Waals surface area (Å²) in [6, 6.07) is 10.6. The van der Waals surface area contributed by atoms with Crippen LogP contribution in [0.1, 0.15) is 66.2 Å². The van der Waals surface area contributed by atoms with E-state index in [2.05, 4.69) is 4.90 Å². The molecule has 1 saturated heterocycles. The van der Waals surface area contributed by atoms with Gasteiger partial charge in [0, 0.05) is 65.3 Å². The maximum atomic E-state index is 15.6. The van der Waals surface area contributed by atoms with E-state index in [9.17, 15) is 14.7 Å². The van der Waals surface area contributed by atoms with Gasteiger partial charge in [-0.25, -0.2) is 18.7 Å². The lowest BCUT2D eigenvalue weighted by Crippen LogP contribution is -2.48. The number of benzene rings is 2. The summed E-state index contributed by atoms with van der Waals surface area (Å²) in [4.78, 5) is 35.2. The molecule has 46 heavy (non-hydrogen) atoms. The number of hydrogen-bond donors (Lipinski definition) is 1. The molecular weight excluding hydrogens is 613 g/mol. The highest BCUT2D eigenvalue weighted by Crippen LogP contribution is 2.41. The summed E-state index contributed by atoms with van der Waals surface area (Å²) in [6.45, 7) is 11.5. The molecule has 4 aromatic rings. The third-order valence-corrected chi connectivity index (χ3v) is 8.71. The Balaban J connectivity index is 1.45. The van der Waals surface area contributed by atoms with Crippen LogP contribution in [0.25, 0.3) is 16.9 Å². The molecule has 10 nitrogen and oxygen atoms in total. The molecule has 2 aromatic carbocycles. The van der Waals surface area contributed by atoms with E-state index in [-0.39, 0.29) is 22.9 Å². The maximum Gasteiger partial charge on any atom is 0.337 e. The van der Waals surface area contributed by atoms with Crippen LogP contribution in [0.5, 0.6) is 5.75 Å². The van der Waals surface area contributed by atoms with Crippen molar-refractivity contribution in [3.63, 3.8) is 0 Å². The number of carboxylic acids is 1. The lowest BCUT2D eigenvalue weighted by atomic mass is 9.91. The van der Waals surface area contributed by atoms with Gasteiger partial charge in [-0.1, -0.05) is 11.6 Å². The minimum atomic E-state index is -1.44. The van der Waals surface area contributed by atoms with Crippen LogP contribution < -0.4 is 9.64 Å². The van der Waals surface area contributed by atoms with E-state index < -0.39 is 23.5 Å². The Kier molecular flexibility index (Phi) is 8.41. The van der Waals surface area contributed by atoms with Crippen molar-refractivity contribution in [2.24, 2.45) is 0 Å². The first kappa shape index (κ1) is 31.7. The summed E-state index contributed by atoms with van der Waals surface area (Å²) in [5.41, 5.74) is 3.55. The number of amides is 1. The fourth-order valence-corrected chi connectivity index (χ4v) is 6.41. The largest absolute Gasteiger partial charge is 0.490 e. The molecule has 12 heteroatoms. The van der Waals surface area contributed by atoms with Crippen LogP contribution in [0.2, 0.25) is 5.02 Å². The van der Waals surface area contributed by atoms with Crippen molar-refractivity contribution in [2.45, 2.75) is 59.2 Å². The SMILES string of the molecule is Cc1nc2cc(C(=O)N3CCN(c4ccc(Cl)cc4)CC3)nn2c(-c2cc(F)c3c(c2C)CCCO3)c1[C@H](OC(C)(C)C)C(=O)O. The van der Waals surface area contributed by atoms with Gasteiger partial charge in [-0.05, 0) is 83.4 Å². The van der Waals surface area contributed by atoms with Crippen molar-refractivity contribution < 1.29 is 28.6 Å². The highest BCUT2D eigenvalue weighted by atomic mass is 35.5. The molecule has 2 aliphatic heterocycles. The van der Waals surface area contributed by atoms with Gasteiger partial charge < -0.3 is 24.4 Å². The number of piperazine rings is 1. The molecule has 2 aromatic heterocycles. The van der Waals surface area contributed by atoms with E-state index in [0.717, 1.165) is 23.2 Å². The predicted molar refractivity (Wildman–Crippen MR) is 172 cm³/mol. The van der Waals surface area contributed by atoms with Crippen LogP contribution in [0.3, 0.4) is 0 Å². The second kappa shape index (κ2) is 12.2. The number of carboxylic acid groups (broad SMARTS) is 1. The molecule has 1 amide bonds. The molecule has 0 radical (unpaired) electrons. The smallest absolute Gasteiger partial charge is 0.337 e. The van der Waals surface area contributed by atoms with E-state index >= 15 is 4.39 Å². The molecule has 0 spiro atoms. The summed E-state index contributed by atoms with van der Waals surface area (Å²) in [5, 5.41) is 15.8. The summed E-state index contributed by atoms with van der Waals surface area (Å²) >= 11 is 6.05. The molecule has 0 aliphatic carbocycles. The van der Waals surface area contributed by atoms with Gasteiger partial charge in [0.2, 0.25) is 0 Å².